The fourth-order valence-electron chi connectivity index (χ4n) is 1.48. The van der Waals surface area contributed by atoms with E-state index in [0.29, 0.717) is 0 Å². The van der Waals surface area contributed by atoms with Gasteiger partial charge in [0.25, 0.3) is 0 Å². The lowest BCUT2D eigenvalue weighted by Crippen LogP contribution is -2.33. The number of nitrogens with one attached hydrogen (secondary N) is 1. The van der Waals surface area contributed by atoms with Gasteiger partial charge in [-0.2, -0.15) is 0 Å². The number of aliphatic hydroxyl groups excluding tert-OH is 1. The molecule has 2 N–H and O–H groups in total. The Kier molecular flexibility index (Phi) is 5.22. The number of hydrogen-bond donors (Lipinski definition) is 2. The van der Waals surface area contributed by atoms with Crippen LogP contribution in [0.4, 0.5) is 5.82 Å². The molecule has 16 heavy (non-hydrogen) atoms. The average Bonchev–Trinajstić information content (AvgIpc) is 2.34. The van der Waals surface area contributed by atoms with E-state index in [1.54, 1.807) is 6.20 Å². The molecule has 1 aromatic rings. The van der Waals surface area contributed by atoms with E-state index in [9.17, 15) is 0 Å². The van der Waals surface area contributed by atoms with Crippen LogP contribution in [0.1, 0.15) is 19.4 Å². The zero-order valence-corrected chi connectivity index (χ0v) is 10.3. The highest BCUT2D eigenvalue weighted by Gasteiger charge is 2.13. The van der Waals surface area contributed by atoms with Crippen LogP contribution in [0.15, 0.2) is 18.3 Å². The van der Waals surface area contributed by atoms with Crippen molar-refractivity contribution in [1.29, 1.82) is 0 Å². The van der Waals surface area contributed by atoms with Crippen LogP contribution in [-0.4, -0.2) is 36.3 Å². The van der Waals surface area contributed by atoms with Gasteiger partial charge in [0.05, 0.1) is 12.6 Å². The number of nitrogens with zero attached hydrogens (tertiary/aromatic N) is 2. The molecule has 0 aromatic carbocycles. The van der Waals surface area contributed by atoms with Gasteiger partial charge in [0.2, 0.25) is 0 Å². The molecule has 1 unspecified atom stereocenters. The molecule has 0 aliphatic heterocycles. The average molecular weight is 223 g/mol. The Morgan fingerprint density at radius 2 is 2.31 bits per heavy atom. The lowest BCUT2D eigenvalue weighted by atomic mass is 10.2. The van der Waals surface area contributed by atoms with Gasteiger partial charge in [-0.1, -0.05) is 13.0 Å². The Hall–Kier alpha value is -1.13. The zero-order chi connectivity index (χ0) is 12.0. The smallest absolute Gasteiger partial charge is 0.133 e. The van der Waals surface area contributed by atoms with Gasteiger partial charge in [-0.25, -0.2) is 4.98 Å². The van der Waals surface area contributed by atoms with E-state index >= 15 is 0 Å². The molecule has 0 amide bonds. The second kappa shape index (κ2) is 6.45. The Morgan fingerprint density at radius 1 is 1.56 bits per heavy atom. The summed E-state index contributed by atoms with van der Waals surface area (Å²) in [5.74, 6) is 0.935. The zero-order valence-electron chi connectivity index (χ0n) is 10.3. The van der Waals surface area contributed by atoms with E-state index in [-0.39, 0.29) is 12.6 Å². The SMILES string of the molecule is CCNCc1cccnc1N(C)C(C)CO. The van der Waals surface area contributed by atoms with Crippen LogP contribution in [0.5, 0.6) is 0 Å². The van der Waals surface area contributed by atoms with Crippen molar-refractivity contribution in [2.45, 2.75) is 26.4 Å². The van der Waals surface area contributed by atoms with Gasteiger partial charge < -0.3 is 15.3 Å². The molecular formula is C12H21N3O. The fraction of sp³-hybridized carbons (Fsp3) is 0.583. The number of hydrogen-bond acceptors (Lipinski definition) is 4. The number of aliphatic hydroxyl groups is 1. The molecule has 0 saturated carbocycles. The van der Waals surface area contributed by atoms with E-state index in [4.69, 9.17) is 5.11 Å². The maximum atomic E-state index is 9.15. The van der Waals surface area contributed by atoms with Gasteiger partial charge in [-0.3, -0.25) is 0 Å². The molecule has 0 aliphatic carbocycles. The molecule has 0 spiro atoms. The summed E-state index contributed by atoms with van der Waals surface area (Å²) in [6, 6.07) is 4.08. The standard InChI is InChI=1S/C12H21N3O/c1-4-13-8-11-6-5-7-14-12(11)15(3)10(2)9-16/h5-7,10,13,16H,4,8-9H2,1-3H3. The molecule has 4 heteroatoms. The summed E-state index contributed by atoms with van der Waals surface area (Å²) in [6.45, 7) is 5.94. The third kappa shape index (κ3) is 3.18. The van der Waals surface area contributed by atoms with Crippen molar-refractivity contribution in [1.82, 2.24) is 10.3 Å². The quantitative estimate of drug-likeness (QED) is 0.755. The topological polar surface area (TPSA) is 48.4 Å². The minimum Gasteiger partial charge on any atom is -0.394 e. The first kappa shape index (κ1) is 12.9. The minimum atomic E-state index is 0.0790. The van der Waals surface area contributed by atoms with Crippen LogP contribution in [-0.2, 0) is 6.54 Å². The van der Waals surface area contributed by atoms with Crippen molar-refractivity contribution in [3.8, 4) is 0 Å². The summed E-state index contributed by atoms with van der Waals surface area (Å²) in [5, 5.41) is 12.4. The van der Waals surface area contributed by atoms with Crippen molar-refractivity contribution in [3.63, 3.8) is 0 Å². The predicted octanol–water partition coefficient (Wildman–Crippen LogP) is 1.01. The van der Waals surface area contributed by atoms with Crippen LogP contribution < -0.4 is 10.2 Å². The van der Waals surface area contributed by atoms with Crippen molar-refractivity contribution in [2.24, 2.45) is 0 Å². The number of rotatable bonds is 6. The highest BCUT2D eigenvalue weighted by Crippen LogP contribution is 2.17. The van der Waals surface area contributed by atoms with Crippen molar-refractivity contribution in [2.75, 3.05) is 25.1 Å². The first-order valence-electron chi connectivity index (χ1n) is 5.69. The summed E-state index contributed by atoms with van der Waals surface area (Å²) in [7, 11) is 1.96. The van der Waals surface area contributed by atoms with Crippen LogP contribution in [0.3, 0.4) is 0 Å². The second-order valence-electron chi connectivity index (χ2n) is 3.91. The summed E-state index contributed by atoms with van der Waals surface area (Å²) >= 11 is 0. The maximum Gasteiger partial charge on any atom is 0.133 e. The van der Waals surface area contributed by atoms with Gasteiger partial charge in [0.1, 0.15) is 5.82 Å². The predicted molar refractivity (Wildman–Crippen MR) is 66.6 cm³/mol. The second-order valence-corrected chi connectivity index (χ2v) is 3.91. The summed E-state index contributed by atoms with van der Waals surface area (Å²) in [6.07, 6.45) is 1.78. The molecule has 90 valence electrons. The highest BCUT2D eigenvalue weighted by atomic mass is 16.3. The van der Waals surface area contributed by atoms with Crippen molar-refractivity contribution < 1.29 is 5.11 Å². The van der Waals surface area contributed by atoms with Crippen LogP contribution in [0.25, 0.3) is 0 Å². The summed E-state index contributed by atoms with van der Waals surface area (Å²) in [5.41, 5.74) is 1.16. The van der Waals surface area contributed by atoms with E-state index in [0.717, 1.165) is 24.5 Å². The molecule has 0 radical (unpaired) electrons. The summed E-state index contributed by atoms with van der Waals surface area (Å²) < 4.78 is 0. The van der Waals surface area contributed by atoms with Gasteiger partial charge >= 0.3 is 0 Å². The van der Waals surface area contributed by atoms with E-state index in [2.05, 4.69) is 23.3 Å². The molecule has 0 aliphatic rings. The fourth-order valence-corrected chi connectivity index (χ4v) is 1.48. The van der Waals surface area contributed by atoms with Crippen molar-refractivity contribution >= 4 is 5.82 Å². The van der Waals surface area contributed by atoms with E-state index < -0.39 is 0 Å². The number of aromatic nitrogens is 1. The van der Waals surface area contributed by atoms with Crippen LogP contribution in [0.2, 0.25) is 0 Å². The normalized spacial score (nSPS) is 12.5. The highest BCUT2D eigenvalue weighted by molar-refractivity contribution is 5.46. The minimum absolute atomic E-state index is 0.0790. The number of anilines is 1. The molecule has 0 bridgehead atoms. The molecule has 4 nitrogen and oxygen atoms in total. The monoisotopic (exact) mass is 223 g/mol. The van der Waals surface area contributed by atoms with Crippen LogP contribution >= 0.6 is 0 Å². The molecule has 1 aromatic heterocycles. The molecule has 1 heterocycles. The van der Waals surface area contributed by atoms with Crippen molar-refractivity contribution in [3.05, 3.63) is 23.9 Å². The number of pyridine rings is 1. The third-order valence-electron chi connectivity index (χ3n) is 2.69. The largest absolute Gasteiger partial charge is 0.394 e. The van der Waals surface area contributed by atoms with E-state index in [1.165, 1.54) is 0 Å². The van der Waals surface area contributed by atoms with Gasteiger partial charge in [-0.05, 0) is 19.5 Å². The Balaban J connectivity index is 2.84. The maximum absolute atomic E-state index is 9.15. The first-order chi connectivity index (χ1) is 7.70. The molecule has 1 rings (SSSR count). The molecule has 1 atom stereocenters. The molecule has 0 saturated heterocycles. The lowest BCUT2D eigenvalue weighted by Gasteiger charge is -2.26. The van der Waals surface area contributed by atoms with Crippen LogP contribution in [0, 0.1) is 0 Å². The number of likely N-dealkylation sites (N-methyl/N-ethyl adjacent to an activating group) is 1. The Bertz CT molecular complexity index is 317. The van der Waals surface area contributed by atoms with E-state index in [1.807, 2.05) is 24.9 Å². The van der Waals surface area contributed by atoms with Gasteiger partial charge in [0.15, 0.2) is 0 Å². The Morgan fingerprint density at radius 3 is 2.94 bits per heavy atom. The Labute approximate surface area is 97.3 Å². The molecule has 0 fully saturated rings. The summed E-state index contributed by atoms with van der Waals surface area (Å²) in [4.78, 5) is 6.38. The lowest BCUT2D eigenvalue weighted by molar-refractivity contribution is 0.269. The molecular weight excluding hydrogens is 202 g/mol. The third-order valence-corrected chi connectivity index (χ3v) is 2.69. The van der Waals surface area contributed by atoms with Gasteiger partial charge in [-0.15, -0.1) is 0 Å². The van der Waals surface area contributed by atoms with Gasteiger partial charge in [0, 0.05) is 25.4 Å². The first-order valence-corrected chi connectivity index (χ1v) is 5.69.